The number of aryl methyl sites for hydroxylation is 3. The van der Waals surface area contributed by atoms with E-state index in [0.717, 1.165) is 59.1 Å². The summed E-state index contributed by atoms with van der Waals surface area (Å²) in [6, 6.07) is 8.05. The molecule has 1 atom stereocenters. The minimum absolute atomic E-state index is 0.287. The Labute approximate surface area is 146 Å². The van der Waals surface area contributed by atoms with Crippen LogP contribution in [0.4, 0.5) is 0 Å². The van der Waals surface area contributed by atoms with Crippen molar-refractivity contribution in [2.75, 3.05) is 0 Å². The van der Waals surface area contributed by atoms with Crippen molar-refractivity contribution < 1.29 is 10.2 Å². The lowest BCUT2D eigenvalue weighted by atomic mass is 9.89. The van der Waals surface area contributed by atoms with Gasteiger partial charge in [0, 0.05) is 11.1 Å². The van der Waals surface area contributed by atoms with E-state index in [2.05, 4.69) is 32.9 Å². The molecule has 0 aliphatic heterocycles. The average molecular weight is 326 g/mol. The Morgan fingerprint density at radius 1 is 0.875 bits per heavy atom. The Bertz CT molecular complexity index is 716. The molecule has 2 rings (SSSR count). The molecule has 0 spiro atoms. The van der Waals surface area contributed by atoms with Crippen molar-refractivity contribution in [3.8, 4) is 22.6 Å². The van der Waals surface area contributed by atoms with Crippen LogP contribution >= 0.6 is 0 Å². The monoisotopic (exact) mass is 326 g/mol. The standard InChI is InChI=1S/C22H30O2/c1-6-8-9-17-10-14(3)12-19(21(17)23)20-13-15(4)11-18(22(20)24)16(5)7-2/h10-13,16,23-24H,6-9H2,1-5H3. The molecule has 0 saturated heterocycles. The normalized spacial score (nSPS) is 12.4. The van der Waals surface area contributed by atoms with Crippen LogP contribution in [0.5, 0.6) is 11.5 Å². The second-order valence-corrected chi connectivity index (χ2v) is 6.98. The van der Waals surface area contributed by atoms with Gasteiger partial charge in [-0.05, 0) is 73.4 Å². The predicted octanol–water partition coefficient (Wildman–Crippen LogP) is 6.24. The molecule has 2 heteroatoms. The first kappa shape index (κ1) is 18.4. The van der Waals surface area contributed by atoms with Crippen LogP contribution in [0.15, 0.2) is 24.3 Å². The van der Waals surface area contributed by atoms with Gasteiger partial charge in [-0.3, -0.25) is 0 Å². The summed E-state index contributed by atoms with van der Waals surface area (Å²) < 4.78 is 0. The van der Waals surface area contributed by atoms with Crippen LogP contribution in [0.25, 0.3) is 11.1 Å². The van der Waals surface area contributed by atoms with Crippen molar-refractivity contribution >= 4 is 0 Å². The number of rotatable bonds is 6. The molecule has 0 fully saturated rings. The molecule has 0 heterocycles. The highest BCUT2D eigenvalue weighted by Crippen LogP contribution is 2.43. The van der Waals surface area contributed by atoms with Crippen LogP contribution in [0, 0.1) is 13.8 Å². The third-order valence-electron chi connectivity index (χ3n) is 4.85. The van der Waals surface area contributed by atoms with Crippen molar-refractivity contribution in [1.29, 1.82) is 0 Å². The zero-order valence-corrected chi connectivity index (χ0v) is 15.6. The van der Waals surface area contributed by atoms with Gasteiger partial charge in [0.25, 0.3) is 0 Å². The summed E-state index contributed by atoms with van der Waals surface area (Å²) in [4.78, 5) is 0. The van der Waals surface area contributed by atoms with Crippen molar-refractivity contribution in [3.63, 3.8) is 0 Å². The van der Waals surface area contributed by atoms with Crippen molar-refractivity contribution in [1.82, 2.24) is 0 Å². The maximum absolute atomic E-state index is 10.8. The molecule has 2 aromatic carbocycles. The first-order valence-electron chi connectivity index (χ1n) is 9.05. The highest BCUT2D eigenvalue weighted by Gasteiger charge is 2.18. The molecular weight excluding hydrogens is 296 g/mol. The largest absolute Gasteiger partial charge is 0.507 e. The minimum Gasteiger partial charge on any atom is -0.507 e. The number of hydrogen-bond donors (Lipinski definition) is 2. The van der Waals surface area contributed by atoms with Crippen LogP contribution in [0.1, 0.15) is 68.2 Å². The van der Waals surface area contributed by atoms with Gasteiger partial charge in [0.15, 0.2) is 0 Å². The minimum atomic E-state index is 0.287. The van der Waals surface area contributed by atoms with Gasteiger partial charge in [-0.1, -0.05) is 39.3 Å². The van der Waals surface area contributed by atoms with E-state index in [9.17, 15) is 10.2 Å². The van der Waals surface area contributed by atoms with E-state index >= 15 is 0 Å². The van der Waals surface area contributed by atoms with Gasteiger partial charge in [0.1, 0.15) is 11.5 Å². The molecule has 0 radical (unpaired) electrons. The molecule has 0 aromatic heterocycles. The maximum Gasteiger partial charge on any atom is 0.127 e. The number of phenolic OH excluding ortho intramolecular Hbond substituents is 2. The van der Waals surface area contributed by atoms with Crippen molar-refractivity contribution in [2.24, 2.45) is 0 Å². The molecule has 2 nitrogen and oxygen atoms in total. The van der Waals surface area contributed by atoms with Crippen LogP contribution in [-0.4, -0.2) is 10.2 Å². The summed E-state index contributed by atoms with van der Waals surface area (Å²) in [5.74, 6) is 0.900. The molecule has 0 amide bonds. The van der Waals surface area contributed by atoms with Crippen molar-refractivity contribution in [2.45, 2.75) is 66.2 Å². The number of unbranched alkanes of at least 4 members (excludes halogenated alkanes) is 1. The summed E-state index contributed by atoms with van der Waals surface area (Å²) in [6.07, 6.45) is 3.98. The zero-order chi connectivity index (χ0) is 17.9. The third kappa shape index (κ3) is 3.75. The van der Waals surface area contributed by atoms with E-state index in [4.69, 9.17) is 0 Å². The zero-order valence-electron chi connectivity index (χ0n) is 15.6. The maximum atomic E-state index is 10.8. The quantitative estimate of drug-likeness (QED) is 0.660. The fourth-order valence-electron chi connectivity index (χ4n) is 3.22. The molecule has 0 bridgehead atoms. The first-order valence-corrected chi connectivity index (χ1v) is 9.05. The van der Waals surface area contributed by atoms with Crippen LogP contribution in [0.2, 0.25) is 0 Å². The van der Waals surface area contributed by atoms with Gasteiger partial charge in [0.05, 0.1) is 0 Å². The van der Waals surface area contributed by atoms with Crippen molar-refractivity contribution in [3.05, 3.63) is 46.5 Å². The van der Waals surface area contributed by atoms with Gasteiger partial charge >= 0.3 is 0 Å². The first-order chi connectivity index (χ1) is 11.4. The lowest BCUT2D eigenvalue weighted by Crippen LogP contribution is -1.97. The number of aromatic hydroxyl groups is 2. The van der Waals surface area contributed by atoms with E-state index in [1.54, 1.807) is 0 Å². The molecule has 1 unspecified atom stereocenters. The number of benzene rings is 2. The second kappa shape index (κ2) is 7.74. The fourth-order valence-corrected chi connectivity index (χ4v) is 3.22. The highest BCUT2D eigenvalue weighted by molar-refractivity contribution is 5.79. The summed E-state index contributed by atoms with van der Waals surface area (Å²) >= 11 is 0. The Kier molecular flexibility index (Phi) is 5.93. The average Bonchev–Trinajstić information content (AvgIpc) is 2.56. The van der Waals surface area contributed by atoms with Crippen LogP contribution in [0.3, 0.4) is 0 Å². The lowest BCUT2D eigenvalue weighted by Gasteiger charge is -2.18. The Morgan fingerprint density at radius 2 is 1.46 bits per heavy atom. The Morgan fingerprint density at radius 3 is 2.04 bits per heavy atom. The van der Waals surface area contributed by atoms with Crippen LogP contribution in [-0.2, 0) is 6.42 Å². The summed E-state index contributed by atoms with van der Waals surface area (Å²) in [6.45, 7) is 10.5. The molecule has 0 aliphatic rings. The Balaban J connectivity index is 2.63. The summed E-state index contributed by atoms with van der Waals surface area (Å²) in [7, 11) is 0. The number of hydrogen-bond acceptors (Lipinski definition) is 2. The van der Waals surface area contributed by atoms with Crippen LogP contribution < -0.4 is 0 Å². The fraction of sp³-hybridized carbons (Fsp3) is 0.455. The van der Waals surface area contributed by atoms with Gasteiger partial charge in [-0.15, -0.1) is 0 Å². The van der Waals surface area contributed by atoms with Gasteiger partial charge in [-0.2, -0.15) is 0 Å². The van der Waals surface area contributed by atoms with Gasteiger partial charge in [-0.25, -0.2) is 0 Å². The van der Waals surface area contributed by atoms with E-state index in [1.807, 2.05) is 26.0 Å². The van der Waals surface area contributed by atoms with E-state index in [-0.39, 0.29) is 5.92 Å². The highest BCUT2D eigenvalue weighted by atomic mass is 16.3. The predicted molar refractivity (Wildman–Crippen MR) is 102 cm³/mol. The topological polar surface area (TPSA) is 40.5 Å². The number of phenols is 2. The van der Waals surface area contributed by atoms with E-state index in [0.29, 0.717) is 11.5 Å². The van der Waals surface area contributed by atoms with Gasteiger partial charge < -0.3 is 10.2 Å². The molecule has 2 N–H and O–H groups in total. The molecule has 2 aromatic rings. The second-order valence-electron chi connectivity index (χ2n) is 6.98. The third-order valence-corrected chi connectivity index (χ3v) is 4.85. The van der Waals surface area contributed by atoms with E-state index < -0.39 is 0 Å². The SMILES string of the molecule is CCCCc1cc(C)cc(-c2cc(C)cc(C(C)CC)c2O)c1O. The molecule has 0 saturated carbocycles. The van der Waals surface area contributed by atoms with E-state index in [1.165, 1.54) is 0 Å². The lowest BCUT2D eigenvalue weighted by molar-refractivity contribution is 0.457. The summed E-state index contributed by atoms with van der Waals surface area (Å²) in [5, 5.41) is 21.6. The molecular formula is C22H30O2. The molecule has 130 valence electrons. The molecule has 24 heavy (non-hydrogen) atoms. The summed E-state index contributed by atoms with van der Waals surface area (Å²) in [5.41, 5.74) is 5.63. The Hall–Kier alpha value is -1.96. The smallest absolute Gasteiger partial charge is 0.127 e. The molecule has 0 aliphatic carbocycles. The van der Waals surface area contributed by atoms with Gasteiger partial charge in [0.2, 0.25) is 0 Å².